The van der Waals surface area contributed by atoms with Crippen LogP contribution in [0.5, 0.6) is 0 Å². The summed E-state index contributed by atoms with van der Waals surface area (Å²) in [7, 11) is 0. The molecule has 1 aliphatic rings. The number of halogens is 1. The molecule has 0 spiro atoms. The Labute approximate surface area is 315 Å². The predicted molar refractivity (Wildman–Crippen MR) is 214 cm³/mol. The van der Waals surface area contributed by atoms with Crippen molar-refractivity contribution in [3.05, 3.63) is 166 Å². The Morgan fingerprint density at radius 1 is 0.558 bits per heavy atom. The van der Waals surface area contributed by atoms with E-state index < -0.39 is 5.60 Å². The van der Waals surface area contributed by atoms with Crippen molar-refractivity contribution in [3.63, 3.8) is 0 Å². The second-order valence-corrected chi connectivity index (χ2v) is 14.3. The summed E-state index contributed by atoms with van der Waals surface area (Å²) >= 11 is 6.84. The number of fused-ring (bicyclic) bond motifs is 3. The normalized spacial score (nSPS) is 12.3. The number of hydrogen-bond acceptors (Lipinski definition) is 3. The Morgan fingerprint density at radius 2 is 1.02 bits per heavy atom. The van der Waals surface area contributed by atoms with E-state index in [0.29, 0.717) is 24.8 Å². The summed E-state index contributed by atoms with van der Waals surface area (Å²) in [5.41, 5.74) is 7.34. The molecule has 0 atom stereocenters. The summed E-state index contributed by atoms with van der Waals surface area (Å²) in [6.07, 6.45) is 12.7. The fourth-order valence-corrected chi connectivity index (χ4v) is 7.97. The van der Waals surface area contributed by atoms with E-state index in [4.69, 9.17) is 21.1 Å². The van der Waals surface area contributed by atoms with Gasteiger partial charge in [0.2, 0.25) is 0 Å². The maximum absolute atomic E-state index is 12.4. The zero-order chi connectivity index (χ0) is 35.9. The molecule has 0 heterocycles. The minimum absolute atomic E-state index is 0.0947. The number of amides is 1. The third-order valence-electron chi connectivity index (χ3n) is 10.4. The summed E-state index contributed by atoms with van der Waals surface area (Å²) in [5, 5.41) is 3.66. The van der Waals surface area contributed by atoms with Gasteiger partial charge in [-0.25, -0.2) is 4.79 Å². The molecule has 0 bridgehead atoms. The molecule has 52 heavy (non-hydrogen) atoms. The van der Waals surface area contributed by atoms with Gasteiger partial charge in [-0.2, -0.15) is 0 Å². The van der Waals surface area contributed by atoms with E-state index in [1.807, 2.05) is 30.3 Å². The minimum atomic E-state index is -0.768. The van der Waals surface area contributed by atoms with Crippen LogP contribution in [0.25, 0.3) is 11.1 Å². The van der Waals surface area contributed by atoms with Crippen LogP contribution in [0.4, 0.5) is 4.79 Å². The quantitative estimate of drug-likeness (QED) is 0.0645. The lowest BCUT2D eigenvalue weighted by atomic mass is 9.80. The summed E-state index contributed by atoms with van der Waals surface area (Å²) in [6.45, 7) is 1.68. The summed E-state index contributed by atoms with van der Waals surface area (Å²) < 4.78 is 12.6. The van der Waals surface area contributed by atoms with Crippen molar-refractivity contribution >= 4 is 17.7 Å². The lowest BCUT2D eigenvalue weighted by Crippen LogP contribution is -2.33. The van der Waals surface area contributed by atoms with E-state index in [0.717, 1.165) is 42.4 Å². The van der Waals surface area contributed by atoms with Crippen LogP contribution in [0.15, 0.2) is 133 Å². The zero-order valence-corrected chi connectivity index (χ0v) is 31.0. The Balaban J connectivity index is 0.821. The molecule has 0 saturated carbocycles. The van der Waals surface area contributed by atoms with Crippen molar-refractivity contribution in [2.45, 2.75) is 82.1 Å². The number of alkyl carbamates (subject to hydrolysis) is 1. The lowest BCUT2D eigenvalue weighted by Gasteiger charge is -2.36. The van der Waals surface area contributed by atoms with Crippen LogP contribution in [0.3, 0.4) is 0 Å². The van der Waals surface area contributed by atoms with Gasteiger partial charge in [0, 0.05) is 29.7 Å². The molecule has 0 radical (unpaired) electrons. The SMILES string of the molecule is O=C(NCCCCCCCCCCCCCOC(c1ccccc1)(c1ccccc1)c1ccccc1Cl)OCC1c2ccccc2-c2ccccc21. The van der Waals surface area contributed by atoms with Crippen LogP contribution in [0.1, 0.15) is 104 Å². The van der Waals surface area contributed by atoms with E-state index in [2.05, 4.69) is 108 Å². The van der Waals surface area contributed by atoms with Crippen LogP contribution in [0.2, 0.25) is 5.02 Å². The van der Waals surface area contributed by atoms with Crippen molar-refractivity contribution in [2.75, 3.05) is 19.8 Å². The first kappa shape index (κ1) is 37.4. The van der Waals surface area contributed by atoms with Crippen molar-refractivity contribution in [1.82, 2.24) is 5.32 Å². The molecule has 5 aromatic rings. The average molecular weight is 714 g/mol. The summed E-state index contributed by atoms with van der Waals surface area (Å²) in [6, 6.07) is 45.8. The first-order valence-corrected chi connectivity index (χ1v) is 19.6. The third-order valence-corrected chi connectivity index (χ3v) is 10.7. The van der Waals surface area contributed by atoms with Gasteiger partial charge in [0.05, 0.1) is 0 Å². The maximum Gasteiger partial charge on any atom is 0.407 e. The Kier molecular flexibility index (Phi) is 14.0. The van der Waals surface area contributed by atoms with Crippen LogP contribution in [0, 0.1) is 0 Å². The van der Waals surface area contributed by atoms with Crippen LogP contribution < -0.4 is 5.32 Å². The third kappa shape index (κ3) is 9.34. The first-order valence-electron chi connectivity index (χ1n) is 19.3. The van der Waals surface area contributed by atoms with Gasteiger partial charge in [0.15, 0.2) is 0 Å². The molecular weight excluding hydrogens is 662 g/mol. The molecule has 1 aliphatic carbocycles. The molecule has 5 heteroatoms. The Bertz CT molecular complexity index is 1740. The molecular formula is C47H52ClNO3. The number of hydrogen-bond donors (Lipinski definition) is 1. The summed E-state index contributed by atoms with van der Waals surface area (Å²) in [4.78, 5) is 12.4. The standard InChI is InChI=1S/C47H52ClNO3/c48-45-33-21-20-32-44(45)47(37-24-12-10-13-25-37,38-26-14-11-15-27-38)52-35-23-9-7-5-3-1-2-4-6-8-22-34-49-46(50)51-36-43-41-30-18-16-28-39(41)40-29-17-19-31-42(40)43/h10-21,24-33,43H,1-9,22-23,34-36H2,(H,49,50). The molecule has 1 amide bonds. The number of carbonyl (C=O) groups excluding carboxylic acids is 1. The molecule has 4 nitrogen and oxygen atoms in total. The summed E-state index contributed by atoms with van der Waals surface area (Å²) in [5.74, 6) is 0.0947. The van der Waals surface area contributed by atoms with Gasteiger partial charge in [-0.05, 0) is 52.3 Å². The lowest BCUT2D eigenvalue weighted by molar-refractivity contribution is 0.0107. The van der Waals surface area contributed by atoms with Crippen LogP contribution >= 0.6 is 11.6 Å². The van der Waals surface area contributed by atoms with E-state index in [1.54, 1.807) is 0 Å². The number of unbranched alkanes of at least 4 members (excludes halogenated alkanes) is 10. The highest BCUT2D eigenvalue weighted by atomic mass is 35.5. The van der Waals surface area contributed by atoms with Crippen molar-refractivity contribution < 1.29 is 14.3 Å². The number of benzene rings is 5. The van der Waals surface area contributed by atoms with Gasteiger partial charge in [-0.15, -0.1) is 0 Å². The van der Waals surface area contributed by atoms with Crippen LogP contribution in [-0.4, -0.2) is 25.9 Å². The van der Waals surface area contributed by atoms with Gasteiger partial charge >= 0.3 is 6.09 Å². The van der Waals surface area contributed by atoms with Crippen molar-refractivity contribution in [3.8, 4) is 11.1 Å². The number of ether oxygens (including phenoxy) is 2. The molecule has 5 aromatic carbocycles. The van der Waals surface area contributed by atoms with Crippen LogP contribution in [-0.2, 0) is 15.1 Å². The fraction of sp³-hybridized carbons (Fsp3) is 0.340. The van der Waals surface area contributed by atoms with Crippen molar-refractivity contribution in [2.24, 2.45) is 0 Å². The molecule has 0 aromatic heterocycles. The van der Waals surface area contributed by atoms with E-state index in [1.165, 1.54) is 67.2 Å². The molecule has 0 saturated heterocycles. The average Bonchev–Trinajstić information content (AvgIpc) is 3.51. The maximum atomic E-state index is 12.4. The zero-order valence-electron chi connectivity index (χ0n) is 30.3. The second-order valence-electron chi connectivity index (χ2n) is 13.9. The van der Waals surface area contributed by atoms with Gasteiger partial charge in [-0.1, -0.05) is 197 Å². The molecule has 6 rings (SSSR count). The Hall–Kier alpha value is -4.38. The molecule has 270 valence electrons. The highest BCUT2D eigenvalue weighted by Gasteiger charge is 2.39. The fourth-order valence-electron chi connectivity index (χ4n) is 7.70. The highest BCUT2D eigenvalue weighted by molar-refractivity contribution is 6.31. The minimum Gasteiger partial charge on any atom is -0.449 e. The van der Waals surface area contributed by atoms with Gasteiger partial charge in [-0.3, -0.25) is 0 Å². The monoisotopic (exact) mass is 713 g/mol. The van der Waals surface area contributed by atoms with Crippen molar-refractivity contribution in [1.29, 1.82) is 0 Å². The van der Waals surface area contributed by atoms with Gasteiger partial charge in [0.1, 0.15) is 12.2 Å². The van der Waals surface area contributed by atoms with Gasteiger partial charge in [0.25, 0.3) is 0 Å². The number of rotatable bonds is 20. The predicted octanol–water partition coefficient (Wildman–Crippen LogP) is 12.5. The number of carbonyl (C=O) groups is 1. The Morgan fingerprint density at radius 3 is 1.58 bits per heavy atom. The smallest absolute Gasteiger partial charge is 0.407 e. The second kappa shape index (κ2) is 19.5. The van der Waals surface area contributed by atoms with E-state index >= 15 is 0 Å². The molecule has 0 aliphatic heterocycles. The topological polar surface area (TPSA) is 47.6 Å². The molecule has 0 fully saturated rings. The largest absolute Gasteiger partial charge is 0.449 e. The highest BCUT2D eigenvalue weighted by Crippen LogP contribution is 2.45. The van der Waals surface area contributed by atoms with E-state index in [9.17, 15) is 4.79 Å². The molecule has 0 unspecified atom stereocenters. The number of nitrogens with one attached hydrogen (secondary N) is 1. The van der Waals surface area contributed by atoms with Gasteiger partial charge < -0.3 is 14.8 Å². The molecule has 1 N–H and O–H groups in total. The first-order chi connectivity index (χ1) is 25.7. The van der Waals surface area contributed by atoms with E-state index in [-0.39, 0.29) is 12.0 Å².